The van der Waals surface area contributed by atoms with Crippen LogP contribution in [0.2, 0.25) is 0 Å². The number of unbranched alkanes of at least 4 members (excludes halogenated alkanes) is 50. The Labute approximate surface area is 575 Å². The molecule has 0 aliphatic carbocycles. The van der Waals surface area contributed by atoms with Crippen molar-refractivity contribution in [3.8, 4) is 0 Å². The fraction of sp³-hybridized carbons (Fsp3) is 0.947. The summed E-state index contributed by atoms with van der Waals surface area (Å²) in [4.78, 5) is 72.8. The highest BCUT2D eigenvalue weighted by atomic mass is 31.2. The number of ether oxygens (including phenoxy) is 4. The third kappa shape index (κ3) is 68.6. The Balaban J connectivity index is 5.22. The Kier molecular flexibility index (Phi) is 68.1. The van der Waals surface area contributed by atoms with Gasteiger partial charge in [0.25, 0.3) is 0 Å². The number of phosphoric acid groups is 2. The molecule has 0 saturated carbocycles. The molecule has 5 atom stereocenters. The third-order valence-electron chi connectivity index (χ3n) is 17.6. The van der Waals surface area contributed by atoms with Crippen LogP contribution in [0, 0.1) is 0 Å². The van der Waals surface area contributed by atoms with Crippen LogP contribution in [0.5, 0.6) is 0 Å². The summed E-state index contributed by atoms with van der Waals surface area (Å²) < 4.78 is 68.5. The molecule has 0 rings (SSSR count). The van der Waals surface area contributed by atoms with E-state index >= 15 is 0 Å². The van der Waals surface area contributed by atoms with Crippen LogP contribution >= 0.6 is 15.6 Å². The van der Waals surface area contributed by atoms with Crippen molar-refractivity contribution in [2.45, 2.75) is 418 Å². The van der Waals surface area contributed by atoms with E-state index in [4.69, 9.17) is 37.0 Å². The highest BCUT2D eigenvalue weighted by molar-refractivity contribution is 7.47. The van der Waals surface area contributed by atoms with Crippen LogP contribution in [-0.2, 0) is 65.4 Å². The molecule has 94 heavy (non-hydrogen) atoms. The minimum Gasteiger partial charge on any atom is -0.462 e. The molecule has 17 nitrogen and oxygen atoms in total. The van der Waals surface area contributed by atoms with Crippen LogP contribution in [-0.4, -0.2) is 96.7 Å². The van der Waals surface area contributed by atoms with Crippen molar-refractivity contribution in [1.82, 2.24) is 0 Å². The van der Waals surface area contributed by atoms with Gasteiger partial charge < -0.3 is 33.8 Å². The average molecular weight is 1380 g/mol. The van der Waals surface area contributed by atoms with Crippen molar-refractivity contribution in [1.29, 1.82) is 0 Å². The molecule has 0 heterocycles. The van der Waals surface area contributed by atoms with Crippen molar-refractivity contribution in [2.75, 3.05) is 39.6 Å². The van der Waals surface area contributed by atoms with E-state index in [0.29, 0.717) is 25.7 Å². The van der Waals surface area contributed by atoms with E-state index in [1.807, 2.05) is 0 Å². The quantitative estimate of drug-likeness (QED) is 0.0222. The summed E-state index contributed by atoms with van der Waals surface area (Å²) in [5, 5.41) is 10.6. The molecular formula is C75H146O17P2. The van der Waals surface area contributed by atoms with Gasteiger partial charge in [0.15, 0.2) is 12.2 Å². The van der Waals surface area contributed by atoms with E-state index < -0.39 is 97.5 Å². The number of esters is 4. The Morgan fingerprint density at radius 1 is 0.255 bits per heavy atom. The van der Waals surface area contributed by atoms with Crippen molar-refractivity contribution in [3.63, 3.8) is 0 Å². The molecule has 0 fully saturated rings. The lowest BCUT2D eigenvalue weighted by molar-refractivity contribution is -0.161. The number of hydrogen-bond acceptors (Lipinski definition) is 15. The second kappa shape index (κ2) is 69.5. The average Bonchev–Trinajstić information content (AvgIpc) is 1.64. The van der Waals surface area contributed by atoms with E-state index in [1.165, 1.54) is 231 Å². The van der Waals surface area contributed by atoms with Crippen LogP contribution in [0.15, 0.2) is 0 Å². The molecular weight excluding hydrogens is 1230 g/mol. The summed E-state index contributed by atoms with van der Waals surface area (Å²) in [5.41, 5.74) is 0. The van der Waals surface area contributed by atoms with Crippen LogP contribution in [0.3, 0.4) is 0 Å². The van der Waals surface area contributed by atoms with Gasteiger partial charge in [-0.3, -0.25) is 37.3 Å². The first kappa shape index (κ1) is 92.1. The Morgan fingerprint density at radius 3 is 0.628 bits per heavy atom. The number of carbonyl (C=O) groups excluding carboxylic acids is 4. The second-order valence-corrected chi connectivity index (χ2v) is 29.9. The molecule has 0 aliphatic rings. The SMILES string of the molecule is CCCCCCCCCCCCCCCCCC(=O)OC[C@H](COP(=O)(O)OC[C@@H](O)COP(=O)(O)OC[C@@H](COC(=O)CCCCCCCCCCCCCCCC)OC(=O)CCCCCCCCCCCCCCCCC)OC(=O)CCCCCCCCCCCC. The van der Waals surface area contributed by atoms with Gasteiger partial charge in [-0.1, -0.05) is 349 Å². The van der Waals surface area contributed by atoms with Gasteiger partial charge in [-0.25, -0.2) is 9.13 Å². The highest BCUT2D eigenvalue weighted by Crippen LogP contribution is 2.45. The molecule has 0 radical (unpaired) electrons. The van der Waals surface area contributed by atoms with E-state index in [0.717, 1.165) is 89.9 Å². The van der Waals surface area contributed by atoms with Gasteiger partial charge in [0, 0.05) is 25.7 Å². The lowest BCUT2D eigenvalue weighted by atomic mass is 10.0. The zero-order valence-electron chi connectivity index (χ0n) is 60.9. The molecule has 0 aromatic carbocycles. The Hall–Kier alpha value is -1.94. The van der Waals surface area contributed by atoms with Gasteiger partial charge in [0.2, 0.25) is 0 Å². The number of phosphoric ester groups is 2. The standard InChI is InChI=1S/C75H146O17P2/c1-5-9-13-17-21-25-29-32-35-38-41-45-48-52-56-60-73(78)85-65-70(91-74(79)61-57-53-49-43-28-24-20-16-12-8-4)67-89-93(81,82)87-63-69(76)64-88-94(83,84)90-68-71(66-86-72(77)59-55-51-47-44-40-37-34-31-27-23-19-15-11-7-3)92-75(80)62-58-54-50-46-42-39-36-33-30-26-22-18-14-10-6-2/h69-71,76H,5-68H2,1-4H3,(H,81,82)(H,83,84)/t69-,70-,71-/m1/s1. The molecule has 0 aliphatic heterocycles. The zero-order valence-corrected chi connectivity index (χ0v) is 62.7. The fourth-order valence-corrected chi connectivity index (χ4v) is 13.2. The van der Waals surface area contributed by atoms with E-state index in [2.05, 4.69) is 27.7 Å². The van der Waals surface area contributed by atoms with Crippen LogP contribution in [0.4, 0.5) is 0 Å². The van der Waals surface area contributed by atoms with Gasteiger partial charge in [-0.05, 0) is 25.7 Å². The highest BCUT2D eigenvalue weighted by Gasteiger charge is 2.30. The van der Waals surface area contributed by atoms with Crippen molar-refractivity contribution in [3.05, 3.63) is 0 Å². The molecule has 0 aromatic heterocycles. The largest absolute Gasteiger partial charge is 0.472 e. The number of aliphatic hydroxyl groups is 1. The molecule has 2 unspecified atom stereocenters. The van der Waals surface area contributed by atoms with Gasteiger partial charge in [-0.2, -0.15) is 0 Å². The smallest absolute Gasteiger partial charge is 0.462 e. The summed E-state index contributed by atoms with van der Waals surface area (Å²) in [6, 6.07) is 0. The maximum absolute atomic E-state index is 13.1. The normalized spacial score (nSPS) is 13.9. The molecule has 0 bridgehead atoms. The maximum atomic E-state index is 13.1. The Bertz CT molecular complexity index is 1790. The molecule has 0 saturated heterocycles. The van der Waals surface area contributed by atoms with Crippen LogP contribution in [0.1, 0.15) is 400 Å². The minimum atomic E-state index is -4.95. The topological polar surface area (TPSA) is 237 Å². The molecule has 3 N–H and O–H groups in total. The monoisotopic (exact) mass is 1380 g/mol. The van der Waals surface area contributed by atoms with E-state index in [1.54, 1.807) is 0 Å². The van der Waals surface area contributed by atoms with Gasteiger partial charge >= 0.3 is 39.5 Å². The van der Waals surface area contributed by atoms with Crippen LogP contribution < -0.4 is 0 Å². The Morgan fingerprint density at radius 2 is 0.426 bits per heavy atom. The number of aliphatic hydroxyl groups excluding tert-OH is 1. The predicted octanol–water partition coefficient (Wildman–Crippen LogP) is 22.2. The first-order valence-electron chi connectivity index (χ1n) is 39.3. The number of rotatable bonds is 76. The van der Waals surface area contributed by atoms with Crippen molar-refractivity contribution in [2.24, 2.45) is 0 Å². The summed E-state index contributed by atoms with van der Waals surface area (Å²) in [6.45, 7) is 4.99. The van der Waals surface area contributed by atoms with Crippen LogP contribution in [0.25, 0.3) is 0 Å². The summed E-state index contributed by atoms with van der Waals surface area (Å²) >= 11 is 0. The number of carbonyl (C=O) groups is 4. The van der Waals surface area contributed by atoms with Gasteiger partial charge in [-0.15, -0.1) is 0 Å². The first-order valence-corrected chi connectivity index (χ1v) is 42.3. The fourth-order valence-electron chi connectivity index (χ4n) is 11.6. The first-order chi connectivity index (χ1) is 45.7. The summed E-state index contributed by atoms with van der Waals surface area (Å²) in [6.07, 6.45) is 59.4. The van der Waals surface area contributed by atoms with E-state index in [-0.39, 0.29) is 25.7 Å². The molecule has 0 aromatic rings. The lowest BCUT2D eigenvalue weighted by Gasteiger charge is -2.21. The second-order valence-electron chi connectivity index (χ2n) is 27.0. The molecule has 19 heteroatoms. The van der Waals surface area contributed by atoms with Crippen molar-refractivity contribution < 1.29 is 80.2 Å². The molecule has 0 amide bonds. The lowest BCUT2D eigenvalue weighted by Crippen LogP contribution is -2.30. The van der Waals surface area contributed by atoms with Crippen molar-refractivity contribution >= 4 is 39.5 Å². The molecule has 0 spiro atoms. The van der Waals surface area contributed by atoms with Gasteiger partial charge in [0.1, 0.15) is 19.3 Å². The number of hydrogen-bond donors (Lipinski definition) is 3. The minimum absolute atomic E-state index is 0.108. The third-order valence-corrected chi connectivity index (χ3v) is 19.5. The van der Waals surface area contributed by atoms with Gasteiger partial charge in [0.05, 0.1) is 26.4 Å². The van der Waals surface area contributed by atoms with E-state index in [9.17, 15) is 43.2 Å². The summed E-state index contributed by atoms with van der Waals surface area (Å²) in [7, 11) is -9.91. The predicted molar refractivity (Wildman–Crippen MR) is 382 cm³/mol. The summed E-state index contributed by atoms with van der Waals surface area (Å²) in [5.74, 6) is -2.11. The maximum Gasteiger partial charge on any atom is 0.472 e. The molecule has 558 valence electrons. The zero-order chi connectivity index (χ0) is 69.0.